The Bertz CT molecular complexity index is 971. The average Bonchev–Trinajstić information content (AvgIpc) is 2.87. The Labute approximate surface area is 195 Å². The lowest BCUT2D eigenvalue weighted by atomic mass is 9.89. The minimum atomic E-state index is -1.01. The van der Waals surface area contributed by atoms with Crippen molar-refractivity contribution in [1.29, 1.82) is 0 Å². The molecular weight excluding hydrogens is 416 g/mol. The van der Waals surface area contributed by atoms with Crippen molar-refractivity contribution in [3.05, 3.63) is 70.8 Å². The molecule has 33 heavy (non-hydrogen) atoms. The molecule has 1 saturated carbocycles. The van der Waals surface area contributed by atoms with Gasteiger partial charge >= 0.3 is 0 Å². The van der Waals surface area contributed by atoms with Crippen molar-refractivity contribution in [1.82, 2.24) is 16.1 Å². The lowest BCUT2D eigenvalue weighted by molar-refractivity contribution is -0.130. The van der Waals surface area contributed by atoms with Crippen LogP contribution in [0, 0.1) is 17.8 Å². The second-order valence-electron chi connectivity index (χ2n) is 8.40. The number of hydroxylamine groups is 1. The van der Waals surface area contributed by atoms with Crippen LogP contribution in [0.3, 0.4) is 0 Å². The van der Waals surface area contributed by atoms with Gasteiger partial charge in [-0.25, -0.2) is 5.48 Å². The van der Waals surface area contributed by atoms with E-state index in [-0.39, 0.29) is 6.54 Å². The van der Waals surface area contributed by atoms with E-state index in [0.717, 1.165) is 30.1 Å². The molecule has 3 rings (SSSR count). The normalized spacial score (nSPS) is 14.6. The molecule has 0 saturated heterocycles. The van der Waals surface area contributed by atoms with Crippen molar-refractivity contribution < 1.29 is 14.8 Å². The Morgan fingerprint density at radius 3 is 2.15 bits per heavy atom. The van der Waals surface area contributed by atoms with Crippen LogP contribution in [0.5, 0.6) is 0 Å². The van der Waals surface area contributed by atoms with Gasteiger partial charge in [0.2, 0.25) is 0 Å². The van der Waals surface area contributed by atoms with E-state index >= 15 is 0 Å². The predicted molar refractivity (Wildman–Crippen MR) is 127 cm³/mol. The van der Waals surface area contributed by atoms with E-state index in [1.54, 1.807) is 24.3 Å². The Morgan fingerprint density at radius 1 is 0.970 bits per heavy atom. The summed E-state index contributed by atoms with van der Waals surface area (Å²) in [7, 11) is 0. The largest absolute Gasteiger partial charge is 0.339 e. The van der Waals surface area contributed by atoms with E-state index in [1.165, 1.54) is 43.1 Å². The Kier molecular flexibility index (Phi) is 9.45. The number of carbonyl (C=O) groups excluding carboxylic acids is 2. The molecule has 7 heteroatoms. The van der Waals surface area contributed by atoms with Crippen LogP contribution in [0.4, 0.5) is 0 Å². The standard InChI is InChI=1S/C26H32N4O3/c27-16-24(26(32)30-33)29-25(31)23-14-12-20(13-15-23)7-6-19-8-10-22(11-9-19)18-28-17-21-4-2-1-3-5-21/h8-15,21,24,28,33H,1-5,16-18,27H2,(H,29,31)(H,30,32)/t24-/m0/s1. The molecule has 7 nitrogen and oxygen atoms in total. The first kappa shape index (κ1) is 24.5. The maximum absolute atomic E-state index is 12.3. The van der Waals surface area contributed by atoms with Crippen molar-refractivity contribution in [3.63, 3.8) is 0 Å². The second kappa shape index (κ2) is 12.8. The van der Waals surface area contributed by atoms with Crippen molar-refractivity contribution in [3.8, 4) is 11.8 Å². The van der Waals surface area contributed by atoms with Gasteiger partial charge in [-0.2, -0.15) is 0 Å². The molecule has 0 spiro atoms. The maximum atomic E-state index is 12.3. The zero-order valence-electron chi connectivity index (χ0n) is 18.8. The number of nitrogens with two attached hydrogens (primary N) is 1. The van der Waals surface area contributed by atoms with E-state index in [9.17, 15) is 9.59 Å². The topological polar surface area (TPSA) is 116 Å². The Balaban J connectivity index is 1.50. The molecule has 0 heterocycles. The van der Waals surface area contributed by atoms with Crippen LogP contribution >= 0.6 is 0 Å². The molecule has 1 atom stereocenters. The molecule has 0 aromatic heterocycles. The predicted octanol–water partition coefficient (Wildman–Crippen LogP) is 2.32. The molecule has 6 N–H and O–H groups in total. The van der Waals surface area contributed by atoms with Crippen LogP contribution < -0.4 is 21.8 Å². The van der Waals surface area contributed by atoms with Gasteiger partial charge in [-0.05, 0) is 67.3 Å². The van der Waals surface area contributed by atoms with Crippen molar-refractivity contribution in [2.75, 3.05) is 13.1 Å². The van der Waals surface area contributed by atoms with E-state index in [1.807, 2.05) is 12.1 Å². The van der Waals surface area contributed by atoms with Crippen molar-refractivity contribution in [2.24, 2.45) is 11.7 Å². The maximum Gasteiger partial charge on any atom is 0.267 e. The van der Waals surface area contributed by atoms with E-state index in [4.69, 9.17) is 10.9 Å². The summed E-state index contributed by atoms with van der Waals surface area (Å²) in [6, 6.07) is 14.0. The summed E-state index contributed by atoms with van der Waals surface area (Å²) in [4.78, 5) is 23.7. The van der Waals surface area contributed by atoms with Gasteiger partial charge in [-0.3, -0.25) is 14.8 Å². The van der Waals surface area contributed by atoms with E-state index in [0.29, 0.717) is 5.56 Å². The highest BCUT2D eigenvalue weighted by molar-refractivity contribution is 5.97. The third-order valence-electron chi connectivity index (χ3n) is 5.91. The lowest BCUT2D eigenvalue weighted by Gasteiger charge is -2.21. The Hall–Kier alpha value is -3.18. The minimum absolute atomic E-state index is 0.128. The van der Waals surface area contributed by atoms with Gasteiger partial charge in [-0.15, -0.1) is 0 Å². The zero-order chi connectivity index (χ0) is 23.5. The molecule has 2 aromatic carbocycles. The van der Waals surface area contributed by atoms with Crippen LogP contribution in [0.1, 0.15) is 59.2 Å². The van der Waals surface area contributed by atoms with Crippen molar-refractivity contribution >= 4 is 11.8 Å². The summed E-state index contributed by atoms with van der Waals surface area (Å²) in [6.45, 7) is 1.84. The van der Waals surface area contributed by atoms with Gasteiger partial charge in [0, 0.05) is 29.8 Å². The minimum Gasteiger partial charge on any atom is -0.339 e. The fourth-order valence-corrected chi connectivity index (χ4v) is 3.92. The molecule has 174 valence electrons. The number of carbonyl (C=O) groups is 2. The van der Waals surface area contributed by atoms with Gasteiger partial charge in [0.1, 0.15) is 6.04 Å². The smallest absolute Gasteiger partial charge is 0.267 e. The molecule has 1 aliphatic carbocycles. The number of benzene rings is 2. The third-order valence-corrected chi connectivity index (χ3v) is 5.91. The fourth-order valence-electron chi connectivity index (χ4n) is 3.92. The summed E-state index contributed by atoms with van der Waals surface area (Å²) in [5.41, 5.74) is 10.2. The lowest BCUT2D eigenvalue weighted by Crippen LogP contribution is -2.50. The quantitative estimate of drug-likeness (QED) is 0.241. The SMILES string of the molecule is NC[C@H](NC(=O)c1ccc(C#Cc2ccc(CNCC3CCCCC3)cc2)cc1)C(=O)NO. The highest BCUT2D eigenvalue weighted by atomic mass is 16.5. The molecule has 2 aromatic rings. The summed E-state index contributed by atoms with van der Waals surface area (Å²) < 4.78 is 0. The summed E-state index contributed by atoms with van der Waals surface area (Å²) in [5, 5.41) is 14.7. The first-order chi connectivity index (χ1) is 16.1. The zero-order valence-corrected chi connectivity index (χ0v) is 18.8. The molecule has 2 amide bonds. The van der Waals surface area contributed by atoms with Gasteiger partial charge < -0.3 is 16.4 Å². The number of hydrogen-bond acceptors (Lipinski definition) is 5. The first-order valence-corrected chi connectivity index (χ1v) is 11.5. The van der Waals surface area contributed by atoms with Gasteiger partial charge in [0.05, 0.1) is 0 Å². The monoisotopic (exact) mass is 448 g/mol. The van der Waals surface area contributed by atoms with E-state index in [2.05, 4.69) is 34.6 Å². The number of amides is 2. The number of nitrogens with one attached hydrogen (secondary N) is 3. The highest BCUT2D eigenvalue weighted by Crippen LogP contribution is 2.22. The average molecular weight is 449 g/mol. The van der Waals surface area contributed by atoms with Gasteiger partial charge in [0.15, 0.2) is 0 Å². The van der Waals surface area contributed by atoms with Gasteiger partial charge in [0.25, 0.3) is 11.8 Å². The van der Waals surface area contributed by atoms with Gasteiger partial charge in [-0.1, -0.05) is 43.2 Å². The van der Waals surface area contributed by atoms with Crippen LogP contribution in [-0.4, -0.2) is 36.2 Å². The van der Waals surface area contributed by atoms with Crippen LogP contribution in [0.15, 0.2) is 48.5 Å². The molecule has 0 bridgehead atoms. The Morgan fingerprint density at radius 2 is 1.58 bits per heavy atom. The highest BCUT2D eigenvalue weighted by Gasteiger charge is 2.19. The summed E-state index contributed by atoms with van der Waals surface area (Å²) >= 11 is 0. The molecule has 0 aliphatic heterocycles. The molecule has 1 fully saturated rings. The number of hydrogen-bond donors (Lipinski definition) is 5. The first-order valence-electron chi connectivity index (χ1n) is 11.5. The fraction of sp³-hybridized carbons (Fsp3) is 0.385. The molecule has 0 unspecified atom stereocenters. The van der Waals surface area contributed by atoms with Crippen LogP contribution in [-0.2, 0) is 11.3 Å². The van der Waals surface area contributed by atoms with Crippen LogP contribution in [0.25, 0.3) is 0 Å². The molecular formula is C26H32N4O3. The summed E-state index contributed by atoms with van der Waals surface area (Å²) in [5.74, 6) is 5.84. The number of rotatable bonds is 8. The second-order valence-corrected chi connectivity index (χ2v) is 8.40. The summed E-state index contributed by atoms with van der Waals surface area (Å²) in [6.07, 6.45) is 6.82. The molecule has 1 aliphatic rings. The van der Waals surface area contributed by atoms with E-state index < -0.39 is 17.9 Å². The van der Waals surface area contributed by atoms with Crippen molar-refractivity contribution in [2.45, 2.75) is 44.7 Å². The van der Waals surface area contributed by atoms with Crippen LogP contribution in [0.2, 0.25) is 0 Å². The third kappa shape index (κ3) is 7.72. The molecule has 0 radical (unpaired) electrons.